The van der Waals surface area contributed by atoms with Crippen LogP contribution < -0.4 is 4.72 Å². The first kappa shape index (κ1) is 13.6. The smallest absolute Gasteiger partial charge is 0.173 e. The van der Waals surface area contributed by atoms with Crippen molar-refractivity contribution in [1.29, 1.82) is 0 Å². The minimum Gasteiger partial charge on any atom is -0.305 e. The number of nitrogens with one attached hydrogen (secondary N) is 1. The first-order chi connectivity index (χ1) is 9.31. The average Bonchev–Trinajstić information content (AvgIpc) is 2.46. The summed E-state index contributed by atoms with van der Waals surface area (Å²) in [5.41, 5.74) is 0. The number of amidine groups is 1. The number of aliphatic imine (C=N–C) groups is 1. The van der Waals surface area contributed by atoms with Crippen LogP contribution in [0.25, 0.3) is 0 Å². The number of hydrogen-bond acceptors (Lipinski definition) is 5. The molecule has 0 saturated heterocycles. The number of thioether (sulfide) groups is 1. The maximum Gasteiger partial charge on any atom is 0.173 e. The molecule has 1 fully saturated rings. The second-order valence-electron chi connectivity index (χ2n) is 4.91. The fourth-order valence-electron chi connectivity index (χ4n) is 2.40. The van der Waals surface area contributed by atoms with Gasteiger partial charge in [0.2, 0.25) is 0 Å². The number of nitrogens with zero attached hydrogens (tertiary/aromatic N) is 2. The molecule has 1 aromatic rings. The zero-order chi connectivity index (χ0) is 13.1. The molecule has 0 unspecified atom stereocenters. The molecular weight excluding hydrogens is 298 g/mol. The Kier molecular flexibility index (Phi) is 4.56. The van der Waals surface area contributed by atoms with Gasteiger partial charge in [-0.3, -0.25) is 0 Å². The predicted octanol–water partition coefficient (Wildman–Crippen LogP) is 4.65. The van der Waals surface area contributed by atoms with Gasteiger partial charge in [-0.15, -0.1) is 0 Å². The van der Waals surface area contributed by atoms with Crippen molar-refractivity contribution < 1.29 is 0 Å². The molecule has 0 amide bonds. The van der Waals surface area contributed by atoms with E-state index in [1.807, 2.05) is 17.8 Å². The van der Waals surface area contributed by atoms with E-state index in [2.05, 4.69) is 14.7 Å². The Bertz CT molecular complexity index is 487. The standard InChI is InChI=1S/C13H16ClN3S2/c14-10-6-11-12(15-7-10)16-13(17-19-11)18-8-9-4-2-1-3-5-9/h6-7,9H,1-5,8H2,(H,15,16,17). The minimum atomic E-state index is 0.654. The van der Waals surface area contributed by atoms with E-state index in [9.17, 15) is 0 Å². The molecule has 2 aliphatic rings. The van der Waals surface area contributed by atoms with E-state index >= 15 is 0 Å². The summed E-state index contributed by atoms with van der Waals surface area (Å²) in [4.78, 5) is 9.81. The third-order valence-corrected chi connectivity index (χ3v) is 5.69. The van der Waals surface area contributed by atoms with Crippen LogP contribution in [0, 0.1) is 5.92 Å². The van der Waals surface area contributed by atoms with Crippen LogP contribution in [0.3, 0.4) is 0 Å². The number of rotatable bonds is 2. The summed E-state index contributed by atoms with van der Waals surface area (Å²) in [7, 11) is 0. The molecule has 19 heavy (non-hydrogen) atoms. The van der Waals surface area contributed by atoms with Gasteiger partial charge in [0, 0.05) is 11.9 Å². The maximum atomic E-state index is 5.92. The van der Waals surface area contributed by atoms with E-state index in [1.165, 1.54) is 32.1 Å². The first-order valence-electron chi connectivity index (χ1n) is 6.61. The van der Waals surface area contributed by atoms with E-state index in [1.54, 1.807) is 18.1 Å². The molecule has 1 aromatic heterocycles. The van der Waals surface area contributed by atoms with Gasteiger partial charge in [-0.05, 0) is 36.8 Å². The van der Waals surface area contributed by atoms with Gasteiger partial charge in [-0.25, -0.2) is 9.98 Å². The Morgan fingerprint density at radius 2 is 2.21 bits per heavy atom. The minimum absolute atomic E-state index is 0.654. The van der Waals surface area contributed by atoms with Gasteiger partial charge < -0.3 is 4.72 Å². The molecule has 0 radical (unpaired) electrons. The van der Waals surface area contributed by atoms with Crippen LogP contribution in [-0.2, 0) is 0 Å². The lowest BCUT2D eigenvalue weighted by atomic mass is 9.91. The SMILES string of the molecule is Clc1cnc2c(c1)SNC(SCC1CCCCC1)=N2. The molecule has 3 rings (SSSR count). The third kappa shape index (κ3) is 3.58. The molecule has 102 valence electrons. The molecule has 1 aliphatic heterocycles. The molecule has 1 aliphatic carbocycles. The van der Waals surface area contributed by atoms with Gasteiger partial charge in [-0.2, -0.15) is 0 Å². The van der Waals surface area contributed by atoms with Gasteiger partial charge in [0.15, 0.2) is 11.0 Å². The molecule has 0 atom stereocenters. The van der Waals surface area contributed by atoms with Crippen molar-refractivity contribution in [2.75, 3.05) is 5.75 Å². The van der Waals surface area contributed by atoms with E-state index < -0.39 is 0 Å². The van der Waals surface area contributed by atoms with Gasteiger partial charge in [0.05, 0.1) is 9.92 Å². The van der Waals surface area contributed by atoms with Crippen LogP contribution in [0.1, 0.15) is 32.1 Å². The van der Waals surface area contributed by atoms with Gasteiger partial charge in [-0.1, -0.05) is 42.6 Å². The molecule has 1 N–H and O–H groups in total. The summed E-state index contributed by atoms with van der Waals surface area (Å²) in [6, 6.07) is 1.90. The first-order valence-corrected chi connectivity index (χ1v) is 8.79. The zero-order valence-corrected chi connectivity index (χ0v) is 13.0. The maximum absolute atomic E-state index is 5.92. The number of pyridine rings is 1. The summed E-state index contributed by atoms with van der Waals surface area (Å²) in [5.74, 6) is 2.79. The molecule has 6 heteroatoms. The van der Waals surface area contributed by atoms with Crippen LogP contribution in [0.4, 0.5) is 5.82 Å². The second kappa shape index (κ2) is 6.37. The Labute approximate surface area is 127 Å². The molecule has 3 nitrogen and oxygen atoms in total. The summed E-state index contributed by atoms with van der Waals surface area (Å²) in [6.07, 6.45) is 8.59. The van der Waals surface area contributed by atoms with Gasteiger partial charge in [0.1, 0.15) is 0 Å². The molecule has 2 heterocycles. The predicted molar refractivity (Wildman–Crippen MR) is 84.4 cm³/mol. The van der Waals surface area contributed by atoms with Crippen LogP contribution in [0.2, 0.25) is 5.02 Å². The fourth-order valence-corrected chi connectivity index (χ4v) is 4.48. The molecule has 1 saturated carbocycles. The highest BCUT2D eigenvalue weighted by atomic mass is 35.5. The number of halogens is 1. The fraction of sp³-hybridized carbons (Fsp3) is 0.538. The molecule has 0 aromatic carbocycles. The summed E-state index contributed by atoms with van der Waals surface area (Å²) in [5, 5.41) is 1.62. The van der Waals surface area contributed by atoms with Crippen LogP contribution in [-0.4, -0.2) is 15.9 Å². The summed E-state index contributed by atoms with van der Waals surface area (Å²) >= 11 is 9.28. The zero-order valence-electron chi connectivity index (χ0n) is 10.6. The monoisotopic (exact) mass is 313 g/mol. The highest BCUT2D eigenvalue weighted by Gasteiger charge is 2.18. The topological polar surface area (TPSA) is 37.3 Å². The molecular formula is C13H16ClN3S2. The molecule has 0 spiro atoms. The van der Waals surface area contributed by atoms with E-state index in [4.69, 9.17) is 11.6 Å². The summed E-state index contributed by atoms with van der Waals surface area (Å²) < 4.78 is 3.27. The lowest BCUT2D eigenvalue weighted by Gasteiger charge is -2.22. The Morgan fingerprint density at radius 1 is 1.37 bits per heavy atom. The highest BCUT2D eigenvalue weighted by Crippen LogP contribution is 2.34. The quantitative estimate of drug-likeness (QED) is 0.807. The van der Waals surface area contributed by atoms with Crippen molar-refractivity contribution in [3.63, 3.8) is 0 Å². The van der Waals surface area contributed by atoms with Gasteiger partial charge in [0.25, 0.3) is 0 Å². The van der Waals surface area contributed by atoms with Gasteiger partial charge >= 0.3 is 0 Å². The van der Waals surface area contributed by atoms with Crippen LogP contribution in [0.15, 0.2) is 22.2 Å². The third-order valence-electron chi connectivity index (χ3n) is 3.44. The second-order valence-corrected chi connectivity index (χ2v) is 7.20. The summed E-state index contributed by atoms with van der Waals surface area (Å²) in [6.45, 7) is 0. The lowest BCUT2D eigenvalue weighted by Crippen LogP contribution is -2.18. The number of fused-ring (bicyclic) bond motifs is 1. The largest absolute Gasteiger partial charge is 0.305 e. The average molecular weight is 314 g/mol. The van der Waals surface area contributed by atoms with Crippen molar-refractivity contribution in [2.24, 2.45) is 10.9 Å². The Balaban J connectivity index is 1.61. The van der Waals surface area contributed by atoms with Crippen molar-refractivity contribution in [3.05, 3.63) is 17.3 Å². The van der Waals surface area contributed by atoms with Crippen molar-refractivity contribution >= 4 is 46.3 Å². The number of aromatic nitrogens is 1. The van der Waals surface area contributed by atoms with Crippen molar-refractivity contribution in [2.45, 2.75) is 37.0 Å². The van der Waals surface area contributed by atoms with Crippen LogP contribution >= 0.6 is 35.3 Å². The number of hydrogen-bond donors (Lipinski definition) is 1. The Morgan fingerprint density at radius 3 is 3.05 bits per heavy atom. The van der Waals surface area contributed by atoms with E-state index in [-0.39, 0.29) is 0 Å². The van der Waals surface area contributed by atoms with Crippen molar-refractivity contribution in [1.82, 2.24) is 9.71 Å². The normalized spacial score (nSPS) is 19.5. The highest BCUT2D eigenvalue weighted by molar-refractivity contribution is 8.15. The van der Waals surface area contributed by atoms with Crippen molar-refractivity contribution in [3.8, 4) is 0 Å². The van der Waals surface area contributed by atoms with E-state index in [0.717, 1.165) is 27.6 Å². The Hall–Kier alpha value is -0.390. The van der Waals surface area contributed by atoms with Crippen LogP contribution in [0.5, 0.6) is 0 Å². The molecule has 0 bridgehead atoms. The van der Waals surface area contributed by atoms with E-state index in [0.29, 0.717) is 5.02 Å². The lowest BCUT2D eigenvalue weighted by molar-refractivity contribution is 0.391.